The van der Waals surface area contributed by atoms with E-state index >= 15 is 0 Å². The first kappa shape index (κ1) is 14.9. The molecule has 2 rings (SSSR count). The van der Waals surface area contributed by atoms with E-state index in [1.54, 1.807) is 12.3 Å². The lowest BCUT2D eigenvalue weighted by Gasteiger charge is -2.22. The molecule has 0 aromatic carbocycles. The third kappa shape index (κ3) is 4.90. The molecule has 0 atom stereocenters. The molecular formula is C15H23N3O2. The second-order valence-electron chi connectivity index (χ2n) is 5.12. The molecule has 1 aliphatic heterocycles. The van der Waals surface area contributed by atoms with Gasteiger partial charge in [0, 0.05) is 25.0 Å². The van der Waals surface area contributed by atoms with E-state index in [0.29, 0.717) is 24.8 Å². The van der Waals surface area contributed by atoms with Crippen LogP contribution in [0.2, 0.25) is 0 Å². The second-order valence-corrected chi connectivity index (χ2v) is 5.12. The van der Waals surface area contributed by atoms with Gasteiger partial charge in [-0.1, -0.05) is 0 Å². The summed E-state index contributed by atoms with van der Waals surface area (Å²) in [6.07, 6.45) is 5.00. The molecule has 5 nitrogen and oxygen atoms in total. The molecule has 0 bridgehead atoms. The summed E-state index contributed by atoms with van der Waals surface area (Å²) in [6, 6.07) is 3.64. The van der Waals surface area contributed by atoms with Crippen LogP contribution in [0.15, 0.2) is 18.3 Å². The van der Waals surface area contributed by atoms with Gasteiger partial charge in [-0.3, -0.25) is 9.78 Å². The van der Waals surface area contributed by atoms with Crippen LogP contribution >= 0.6 is 0 Å². The predicted octanol–water partition coefficient (Wildman–Crippen LogP) is 1.28. The summed E-state index contributed by atoms with van der Waals surface area (Å²) in [7, 11) is 0. The fourth-order valence-electron chi connectivity index (χ4n) is 2.19. The highest BCUT2D eigenvalue weighted by atomic mass is 16.5. The van der Waals surface area contributed by atoms with Gasteiger partial charge in [0.05, 0.1) is 11.7 Å². The van der Waals surface area contributed by atoms with Crippen molar-refractivity contribution >= 4 is 5.91 Å². The summed E-state index contributed by atoms with van der Waals surface area (Å²) in [5.74, 6) is -0.0700. The van der Waals surface area contributed by atoms with Crippen LogP contribution in [-0.2, 0) is 4.74 Å². The number of hydrogen-bond acceptors (Lipinski definition) is 4. The van der Waals surface area contributed by atoms with Gasteiger partial charge < -0.3 is 15.4 Å². The largest absolute Gasteiger partial charge is 0.378 e. The molecule has 1 aromatic rings. The van der Waals surface area contributed by atoms with Crippen molar-refractivity contribution in [2.75, 3.05) is 26.2 Å². The molecule has 110 valence electrons. The van der Waals surface area contributed by atoms with Crippen LogP contribution in [0.3, 0.4) is 0 Å². The van der Waals surface area contributed by atoms with E-state index in [0.717, 1.165) is 38.0 Å². The zero-order chi connectivity index (χ0) is 14.2. The normalized spacial score (nSPS) is 16.1. The van der Waals surface area contributed by atoms with Crippen molar-refractivity contribution in [1.82, 2.24) is 15.6 Å². The van der Waals surface area contributed by atoms with E-state index in [9.17, 15) is 4.79 Å². The van der Waals surface area contributed by atoms with Gasteiger partial charge in [-0.25, -0.2) is 0 Å². The predicted molar refractivity (Wildman–Crippen MR) is 77.8 cm³/mol. The lowest BCUT2D eigenvalue weighted by Crippen LogP contribution is -2.33. The number of amides is 1. The van der Waals surface area contributed by atoms with Crippen LogP contribution in [0, 0.1) is 6.92 Å². The number of nitrogens with one attached hydrogen (secondary N) is 2. The van der Waals surface area contributed by atoms with Gasteiger partial charge in [0.15, 0.2) is 0 Å². The molecule has 1 aromatic heterocycles. The Hall–Kier alpha value is -1.46. The van der Waals surface area contributed by atoms with Crippen molar-refractivity contribution in [1.29, 1.82) is 0 Å². The third-order valence-corrected chi connectivity index (χ3v) is 3.42. The first-order valence-corrected chi connectivity index (χ1v) is 7.29. The maximum atomic E-state index is 11.8. The van der Waals surface area contributed by atoms with Crippen LogP contribution in [0.1, 0.15) is 35.3 Å². The van der Waals surface area contributed by atoms with Crippen LogP contribution in [0.4, 0.5) is 0 Å². The third-order valence-electron chi connectivity index (χ3n) is 3.42. The number of carbonyl (C=O) groups excluding carboxylic acids is 1. The lowest BCUT2D eigenvalue weighted by molar-refractivity contribution is 0.0318. The Morgan fingerprint density at radius 1 is 1.45 bits per heavy atom. The van der Waals surface area contributed by atoms with Crippen molar-refractivity contribution < 1.29 is 9.53 Å². The fourth-order valence-corrected chi connectivity index (χ4v) is 2.19. The Kier molecular flexibility index (Phi) is 5.95. The number of carbonyl (C=O) groups is 1. The molecule has 0 spiro atoms. The summed E-state index contributed by atoms with van der Waals surface area (Å²) < 4.78 is 5.78. The van der Waals surface area contributed by atoms with Crippen molar-refractivity contribution in [2.45, 2.75) is 32.3 Å². The van der Waals surface area contributed by atoms with Gasteiger partial charge in [-0.05, 0) is 51.4 Å². The molecule has 0 unspecified atom stereocenters. The number of rotatable bonds is 6. The Bertz CT molecular complexity index is 414. The Morgan fingerprint density at radius 2 is 2.25 bits per heavy atom. The molecule has 2 heterocycles. The highest BCUT2D eigenvalue weighted by Gasteiger charge is 2.12. The topological polar surface area (TPSA) is 63.2 Å². The minimum atomic E-state index is -0.0700. The zero-order valence-corrected chi connectivity index (χ0v) is 12.0. The summed E-state index contributed by atoms with van der Waals surface area (Å²) in [5, 5.41) is 6.20. The fraction of sp³-hybridized carbons (Fsp3) is 0.600. The molecule has 5 heteroatoms. The van der Waals surface area contributed by atoms with Gasteiger partial charge in [0.25, 0.3) is 5.91 Å². The first-order valence-electron chi connectivity index (χ1n) is 7.29. The van der Waals surface area contributed by atoms with E-state index in [2.05, 4.69) is 15.6 Å². The average molecular weight is 277 g/mol. The summed E-state index contributed by atoms with van der Waals surface area (Å²) in [6.45, 7) is 5.33. The molecule has 0 radical (unpaired) electrons. The van der Waals surface area contributed by atoms with Gasteiger partial charge in [-0.2, -0.15) is 0 Å². The maximum absolute atomic E-state index is 11.8. The van der Waals surface area contributed by atoms with E-state index in [1.165, 1.54) is 0 Å². The summed E-state index contributed by atoms with van der Waals surface area (Å²) >= 11 is 0. The second kappa shape index (κ2) is 7.97. The smallest absolute Gasteiger partial charge is 0.252 e. The molecular weight excluding hydrogens is 254 g/mol. The van der Waals surface area contributed by atoms with E-state index in [-0.39, 0.29) is 5.91 Å². The maximum Gasteiger partial charge on any atom is 0.252 e. The minimum Gasteiger partial charge on any atom is -0.378 e. The number of hydrogen-bond donors (Lipinski definition) is 2. The Balaban J connectivity index is 1.58. The minimum absolute atomic E-state index is 0.0700. The first-order chi connectivity index (χ1) is 9.75. The standard InChI is InChI=1S/C15H23N3O2/c1-12-3-4-13(11-18-12)15(19)17-7-2-10-20-14-5-8-16-9-6-14/h3-4,11,14,16H,2,5-10H2,1H3,(H,17,19). The molecule has 1 saturated heterocycles. The van der Waals surface area contributed by atoms with E-state index in [4.69, 9.17) is 4.74 Å². The molecule has 0 aliphatic carbocycles. The van der Waals surface area contributed by atoms with Crippen LogP contribution in [-0.4, -0.2) is 43.2 Å². The highest BCUT2D eigenvalue weighted by molar-refractivity contribution is 5.93. The van der Waals surface area contributed by atoms with Crippen LogP contribution in [0.5, 0.6) is 0 Å². The number of ether oxygens (including phenoxy) is 1. The molecule has 20 heavy (non-hydrogen) atoms. The van der Waals surface area contributed by atoms with Crippen molar-refractivity contribution in [3.63, 3.8) is 0 Å². The van der Waals surface area contributed by atoms with Gasteiger partial charge in [0.1, 0.15) is 0 Å². The molecule has 0 saturated carbocycles. The van der Waals surface area contributed by atoms with Crippen molar-refractivity contribution in [3.8, 4) is 0 Å². The molecule has 1 amide bonds. The van der Waals surface area contributed by atoms with Crippen LogP contribution < -0.4 is 10.6 Å². The van der Waals surface area contributed by atoms with Crippen molar-refractivity contribution in [3.05, 3.63) is 29.6 Å². The zero-order valence-electron chi connectivity index (χ0n) is 12.0. The monoisotopic (exact) mass is 277 g/mol. The quantitative estimate of drug-likeness (QED) is 0.769. The average Bonchev–Trinajstić information content (AvgIpc) is 2.48. The van der Waals surface area contributed by atoms with Gasteiger partial charge in [0.2, 0.25) is 0 Å². The molecule has 1 fully saturated rings. The van der Waals surface area contributed by atoms with Crippen LogP contribution in [0.25, 0.3) is 0 Å². The Labute approximate surface area is 120 Å². The highest BCUT2D eigenvalue weighted by Crippen LogP contribution is 2.07. The Morgan fingerprint density at radius 3 is 2.95 bits per heavy atom. The number of piperidine rings is 1. The SMILES string of the molecule is Cc1ccc(C(=O)NCCCOC2CCNCC2)cn1. The van der Waals surface area contributed by atoms with E-state index in [1.807, 2.05) is 13.0 Å². The van der Waals surface area contributed by atoms with E-state index < -0.39 is 0 Å². The number of nitrogens with zero attached hydrogens (tertiary/aromatic N) is 1. The molecule has 2 N–H and O–H groups in total. The van der Waals surface area contributed by atoms with Crippen molar-refractivity contribution in [2.24, 2.45) is 0 Å². The number of aromatic nitrogens is 1. The lowest BCUT2D eigenvalue weighted by atomic mass is 10.1. The van der Waals surface area contributed by atoms with Gasteiger partial charge in [-0.15, -0.1) is 0 Å². The summed E-state index contributed by atoms with van der Waals surface area (Å²) in [5.41, 5.74) is 1.52. The molecule has 1 aliphatic rings. The van der Waals surface area contributed by atoms with Gasteiger partial charge >= 0.3 is 0 Å². The summed E-state index contributed by atoms with van der Waals surface area (Å²) in [4.78, 5) is 15.9. The number of pyridine rings is 1. The number of aryl methyl sites for hydroxylation is 1.